The number of aliphatic imine (C=N–C) groups is 1. The molecule has 2 saturated carbocycles. The van der Waals surface area contributed by atoms with Crippen molar-refractivity contribution in [2.45, 2.75) is 197 Å². The quantitative estimate of drug-likeness (QED) is 0.0155. The number of nitrogens with two attached hydrogens (primary N) is 6. The second-order valence-electron chi connectivity index (χ2n) is 20.8. The molecule has 0 heterocycles. The largest absolute Gasteiger partial charge is 0.484 e. The molecule has 416 valence electrons. The van der Waals surface area contributed by atoms with Crippen LogP contribution in [0.1, 0.15) is 156 Å². The fourth-order valence-electron chi connectivity index (χ4n) is 10.2. The van der Waals surface area contributed by atoms with Crippen molar-refractivity contribution in [2.24, 2.45) is 57.1 Å². The Hall–Kier alpha value is -5.51. The van der Waals surface area contributed by atoms with Crippen LogP contribution in [-0.4, -0.2) is 126 Å². The van der Waals surface area contributed by atoms with E-state index in [0.717, 1.165) is 64.2 Å². The van der Waals surface area contributed by atoms with Gasteiger partial charge in [0.1, 0.15) is 30.2 Å². The fraction of sp³-hybridized carbons (Fsp3) is 0.717. The molecule has 0 radical (unpaired) electrons. The number of hydrogen-bond acceptors (Lipinski definition) is 14. The molecule has 2 aliphatic rings. The Bertz CT molecular complexity index is 1960. The number of aldehydes is 1. The Balaban J connectivity index is 2.24. The molecule has 1 aromatic rings. The smallest absolute Gasteiger partial charge is 0.258 e. The van der Waals surface area contributed by atoms with Gasteiger partial charge in [0.05, 0.1) is 18.1 Å². The number of Topliss-reactive ketones (excluding diaryl/α,β-unsaturated/α-hetero) is 1. The highest BCUT2D eigenvalue weighted by Gasteiger charge is 2.59. The van der Waals surface area contributed by atoms with Crippen molar-refractivity contribution in [1.29, 1.82) is 0 Å². The average molecular weight is 1040 g/mol. The van der Waals surface area contributed by atoms with E-state index >= 15 is 19.2 Å². The summed E-state index contributed by atoms with van der Waals surface area (Å²) in [6.07, 6.45) is 11.4. The highest BCUT2D eigenvalue weighted by Crippen LogP contribution is 2.35. The van der Waals surface area contributed by atoms with Crippen molar-refractivity contribution < 1.29 is 43.1 Å². The van der Waals surface area contributed by atoms with E-state index in [2.05, 4.69) is 26.3 Å². The maximum Gasteiger partial charge on any atom is 0.258 e. The second-order valence-corrected chi connectivity index (χ2v) is 20.8. The molecule has 3 rings (SSSR count). The Labute approximate surface area is 438 Å². The highest BCUT2D eigenvalue weighted by atomic mass is 16.5. The third-order valence-electron chi connectivity index (χ3n) is 14.1. The molecule has 0 aliphatic heterocycles. The topological polar surface area (TPSA) is 366 Å². The number of guanidine groups is 1. The zero-order valence-electron chi connectivity index (χ0n) is 44.4. The Morgan fingerprint density at radius 2 is 1.27 bits per heavy atom. The summed E-state index contributed by atoms with van der Waals surface area (Å²) in [6.45, 7) is 5.10. The molecule has 0 saturated heterocycles. The van der Waals surface area contributed by atoms with E-state index < -0.39 is 102 Å². The molecule has 0 spiro atoms. The van der Waals surface area contributed by atoms with Crippen molar-refractivity contribution in [2.75, 3.05) is 26.2 Å². The third-order valence-corrected chi connectivity index (χ3v) is 14.1. The number of benzene rings is 1. The van der Waals surface area contributed by atoms with Crippen LogP contribution in [0.25, 0.3) is 0 Å². The number of unbranched alkanes of at least 4 members (excludes halogenated alkanes) is 2. The fourth-order valence-corrected chi connectivity index (χ4v) is 10.2. The first kappa shape index (κ1) is 62.8. The van der Waals surface area contributed by atoms with Crippen LogP contribution in [0.2, 0.25) is 0 Å². The Kier molecular flexibility index (Phi) is 28.4. The average Bonchev–Trinajstić information content (AvgIpc) is 3.38. The third kappa shape index (κ3) is 20.7. The molecule has 6 amide bonds. The molecule has 7 atom stereocenters. The molecule has 2 aliphatic carbocycles. The van der Waals surface area contributed by atoms with E-state index in [-0.39, 0.29) is 69.4 Å². The van der Waals surface area contributed by atoms with E-state index in [4.69, 9.17) is 39.1 Å². The lowest BCUT2D eigenvalue weighted by atomic mass is 9.75. The lowest BCUT2D eigenvalue weighted by Crippen LogP contribution is -2.74. The van der Waals surface area contributed by atoms with Crippen LogP contribution in [0, 0.1) is 17.8 Å². The number of carbonyl (C=O) groups excluding carboxylic acids is 8. The van der Waals surface area contributed by atoms with Crippen LogP contribution in [0.5, 0.6) is 5.75 Å². The molecule has 21 nitrogen and oxygen atoms in total. The minimum atomic E-state index is -2.71. The number of nitrogens with one attached hydrogen (secondary N) is 4. The summed E-state index contributed by atoms with van der Waals surface area (Å²) in [4.78, 5) is 122. The molecular weight excluding hydrogens is 949 g/mol. The van der Waals surface area contributed by atoms with E-state index in [9.17, 15) is 19.2 Å². The maximum atomic E-state index is 16.0. The molecule has 1 aromatic carbocycles. The van der Waals surface area contributed by atoms with Gasteiger partial charge in [0, 0.05) is 6.54 Å². The minimum absolute atomic E-state index is 0.00926. The van der Waals surface area contributed by atoms with Gasteiger partial charge in [-0.1, -0.05) is 96.3 Å². The summed E-state index contributed by atoms with van der Waals surface area (Å²) >= 11 is 0. The number of rotatable bonds is 34. The maximum absolute atomic E-state index is 16.0. The van der Waals surface area contributed by atoms with E-state index in [0.29, 0.717) is 49.2 Å². The molecule has 16 N–H and O–H groups in total. The normalized spacial score (nSPS) is 17.5. The first-order chi connectivity index (χ1) is 35.4. The zero-order valence-corrected chi connectivity index (χ0v) is 44.4. The van der Waals surface area contributed by atoms with Crippen LogP contribution < -0.4 is 60.4 Å². The van der Waals surface area contributed by atoms with Crippen molar-refractivity contribution >= 4 is 53.5 Å². The Morgan fingerprint density at radius 3 is 1.81 bits per heavy atom. The lowest BCUT2D eigenvalue weighted by molar-refractivity contribution is -0.168. The summed E-state index contributed by atoms with van der Waals surface area (Å²) < 4.78 is 5.65. The van der Waals surface area contributed by atoms with Gasteiger partial charge < -0.3 is 65.2 Å². The van der Waals surface area contributed by atoms with Gasteiger partial charge in [0.25, 0.3) is 17.7 Å². The molecule has 0 bridgehead atoms. The van der Waals surface area contributed by atoms with Crippen molar-refractivity contribution in [3.8, 4) is 5.75 Å². The number of carbonyl (C=O) groups is 8. The number of ketones is 1. The second kappa shape index (κ2) is 33.4. The van der Waals surface area contributed by atoms with Crippen LogP contribution in [0.15, 0.2) is 35.3 Å². The number of imide groups is 1. The highest BCUT2D eigenvalue weighted by molar-refractivity contribution is 6.20. The van der Waals surface area contributed by atoms with Crippen LogP contribution >= 0.6 is 0 Å². The molecule has 5 unspecified atom stereocenters. The number of amides is 6. The van der Waals surface area contributed by atoms with Crippen LogP contribution in [0.4, 0.5) is 0 Å². The zero-order chi connectivity index (χ0) is 54.6. The van der Waals surface area contributed by atoms with E-state index in [1.54, 1.807) is 44.2 Å². The monoisotopic (exact) mass is 1040 g/mol. The van der Waals surface area contributed by atoms with E-state index in [1.165, 1.54) is 6.92 Å². The van der Waals surface area contributed by atoms with Crippen LogP contribution in [-0.2, 0) is 38.4 Å². The van der Waals surface area contributed by atoms with Gasteiger partial charge in [-0.2, -0.15) is 0 Å². The van der Waals surface area contributed by atoms with Gasteiger partial charge in [0.15, 0.2) is 23.9 Å². The lowest BCUT2D eigenvalue weighted by Gasteiger charge is -2.45. The molecule has 0 aromatic heterocycles. The van der Waals surface area contributed by atoms with Crippen molar-refractivity contribution in [3.05, 3.63) is 30.3 Å². The standard InChI is InChI=1S/C53H90N12O9/c1-35(2)32-53(46(68)41(56)30-37-18-7-4-8-19-37,51(73)61-36(3)47(69)62-39(33-66)22-17-29-60-52(58)59)65(49(71)42(57)31-38-20-9-5-10-21-38)50(72)44(26-14-16-28-55)64-48(70)43(25-13-15-27-54)63-45(67)34-74-40-23-11-6-12-24-40/h6,11-12,23-24,33,35-39,41-44H,4-5,7-10,13-22,25-32,34,54-57H2,1-3H3,(H,61,73)(H,62,69)(H,63,67)(H,64,70)(H4,58,59,60)/t36?,39?,41-,42-,43?,44?,53?/m0/s1. The molecular formula is C53H90N12O9. The minimum Gasteiger partial charge on any atom is -0.484 e. The first-order valence-corrected chi connectivity index (χ1v) is 27.1. The summed E-state index contributed by atoms with van der Waals surface area (Å²) in [6, 6.07) is 0.700. The van der Waals surface area contributed by atoms with Gasteiger partial charge in [-0.05, 0) is 121 Å². The number of ether oxygens (including phenoxy) is 1. The predicted octanol–water partition coefficient (Wildman–Crippen LogP) is 1.84. The molecule has 2 fully saturated rings. The summed E-state index contributed by atoms with van der Waals surface area (Å²) in [5.41, 5.74) is 33.7. The SMILES string of the molecule is CC(C)CC(C(=O)NC(C)C(=O)NC(C=O)CCCN=C(N)N)(C(=O)[C@@H](N)CC1CCCCC1)N(C(=O)C(CCCCN)NC(=O)C(CCCCN)NC(=O)COc1ccccc1)C(=O)[C@@H](N)CC1CCCCC1. The number of hydrogen-bond donors (Lipinski definition) is 10. The van der Waals surface area contributed by atoms with Crippen LogP contribution in [0.3, 0.4) is 0 Å². The van der Waals surface area contributed by atoms with Gasteiger partial charge in [-0.25, -0.2) is 0 Å². The summed E-state index contributed by atoms with van der Waals surface area (Å²) in [5, 5.41) is 10.8. The van der Waals surface area contributed by atoms with Gasteiger partial charge >= 0.3 is 0 Å². The van der Waals surface area contributed by atoms with Gasteiger partial charge in [-0.3, -0.25) is 43.5 Å². The van der Waals surface area contributed by atoms with Gasteiger partial charge in [-0.15, -0.1) is 0 Å². The van der Waals surface area contributed by atoms with Crippen molar-refractivity contribution in [1.82, 2.24) is 26.2 Å². The molecule has 21 heteroatoms. The summed E-state index contributed by atoms with van der Waals surface area (Å²) in [7, 11) is 0. The predicted molar refractivity (Wildman–Crippen MR) is 285 cm³/mol. The van der Waals surface area contributed by atoms with Crippen molar-refractivity contribution in [3.63, 3.8) is 0 Å². The number of nitrogens with zero attached hydrogens (tertiary/aromatic N) is 2. The number of para-hydroxylation sites is 1. The Morgan fingerprint density at radius 1 is 0.703 bits per heavy atom. The summed E-state index contributed by atoms with van der Waals surface area (Å²) in [5.74, 6) is -6.61. The van der Waals surface area contributed by atoms with Gasteiger partial charge in [0.2, 0.25) is 17.7 Å². The molecule has 74 heavy (non-hydrogen) atoms. The van der Waals surface area contributed by atoms with E-state index in [1.807, 2.05) is 0 Å². The first-order valence-electron chi connectivity index (χ1n) is 27.1.